The molecule has 0 aliphatic heterocycles. The zero-order valence-electron chi connectivity index (χ0n) is 16.7. The number of rotatable bonds is 6. The predicted molar refractivity (Wildman–Crippen MR) is 124 cm³/mol. The third kappa shape index (κ3) is 5.40. The van der Waals surface area contributed by atoms with Crippen molar-refractivity contribution < 1.29 is 9.18 Å². The molecule has 0 spiro atoms. The summed E-state index contributed by atoms with van der Waals surface area (Å²) < 4.78 is 13.3. The van der Waals surface area contributed by atoms with E-state index >= 15 is 0 Å². The van der Waals surface area contributed by atoms with Crippen molar-refractivity contribution in [2.75, 3.05) is 11.1 Å². The summed E-state index contributed by atoms with van der Waals surface area (Å²) in [5.74, 6) is -0.260. The van der Waals surface area contributed by atoms with E-state index in [1.807, 2.05) is 37.3 Å². The van der Waals surface area contributed by atoms with Crippen molar-refractivity contribution in [1.29, 1.82) is 0 Å². The molecule has 4 aromatic rings. The molecular weight excluding hydrogens is 433 g/mol. The molecular formula is C24H19ClFN3OS. The Balaban J connectivity index is 1.55. The van der Waals surface area contributed by atoms with Crippen LogP contribution in [0.15, 0.2) is 71.8 Å². The van der Waals surface area contributed by atoms with Crippen LogP contribution in [0.1, 0.15) is 16.8 Å². The highest BCUT2D eigenvalue weighted by atomic mass is 35.5. The Labute approximate surface area is 188 Å². The van der Waals surface area contributed by atoms with Crippen molar-refractivity contribution in [2.24, 2.45) is 0 Å². The SMILES string of the molecule is Cc1ccc(Cl)cc1NC(=O)CSc1nc2ccccc2nc1Cc1ccc(F)cc1. The summed E-state index contributed by atoms with van der Waals surface area (Å²) in [7, 11) is 0. The van der Waals surface area contributed by atoms with E-state index in [0.29, 0.717) is 22.2 Å². The molecule has 0 radical (unpaired) electrons. The summed E-state index contributed by atoms with van der Waals surface area (Å²) in [5.41, 5.74) is 4.84. The maximum atomic E-state index is 13.3. The Morgan fingerprint density at radius 1 is 1.03 bits per heavy atom. The zero-order valence-corrected chi connectivity index (χ0v) is 18.3. The van der Waals surface area contributed by atoms with Gasteiger partial charge in [-0.3, -0.25) is 4.79 Å². The number of aryl methyl sites for hydroxylation is 1. The molecule has 1 N–H and O–H groups in total. The molecule has 31 heavy (non-hydrogen) atoms. The summed E-state index contributed by atoms with van der Waals surface area (Å²) in [6.07, 6.45) is 0.496. The Hall–Kier alpha value is -2.96. The van der Waals surface area contributed by atoms with Crippen LogP contribution in [0.4, 0.5) is 10.1 Å². The Kier molecular flexibility index (Phi) is 6.49. The number of halogens is 2. The summed E-state index contributed by atoms with van der Waals surface area (Å²) >= 11 is 7.37. The van der Waals surface area contributed by atoms with Gasteiger partial charge in [-0.05, 0) is 54.4 Å². The number of carbonyl (C=O) groups excluding carboxylic acids is 1. The van der Waals surface area contributed by atoms with Gasteiger partial charge in [-0.2, -0.15) is 0 Å². The molecule has 4 nitrogen and oxygen atoms in total. The zero-order chi connectivity index (χ0) is 21.8. The Bertz CT molecular complexity index is 1250. The van der Waals surface area contributed by atoms with Gasteiger partial charge < -0.3 is 5.32 Å². The quantitative estimate of drug-likeness (QED) is 0.362. The molecule has 0 fully saturated rings. The van der Waals surface area contributed by atoms with Crippen LogP contribution >= 0.6 is 23.4 Å². The number of benzene rings is 3. The third-order valence-corrected chi connectivity index (χ3v) is 5.95. The molecule has 1 amide bonds. The first kappa shape index (κ1) is 21.3. The van der Waals surface area contributed by atoms with Crippen LogP contribution in [0.3, 0.4) is 0 Å². The fourth-order valence-electron chi connectivity index (χ4n) is 3.10. The number of nitrogens with zero attached hydrogens (tertiary/aromatic N) is 2. The fraction of sp³-hybridized carbons (Fsp3) is 0.125. The van der Waals surface area contributed by atoms with Crippen LogP contribution in [0.25, 0.3) is 11.0 Å². The van der Waals surface area contributed by atoms with E-state index in [1.165, 1.54) is 23.9 Å². The number of hydrogen-bond donors (Lipinski definition) is 1. The van der Waals surface area contributed by atoms with Crippen LogP contribution < -0.4 is 5.32 Å². The number of para-hydroxylation sites is 2. The van der Waals surface area contributed by atoms with Gasteiger partial charge in [-0.1, -0.05) is 53.7 Å². The standard InChI is InChI=1S/C24H19ClFN3OS/c1-15-6-9-17(25)13-21(15)28-23(30)14-31-24-22(12-16-7-10-18(26)11-8-16)27-19-4-2-3-5-20(19)29-24/h2-11,13H,12,14H2,1H3,(H,28,30). The average molecular weight is 452 g/mol. The number of anilines is 1. The maximum Gasteiger partial charge on any atom is 0.234 e. The molecule has 4 rings (SSSR count). The highest BCUT2D eigenvalue weighted by molar-refractivity contribution is 8.00. The first-order chi connectivity index (χ1) is 15.0. The van der Waals surface area contributed by atoms with Crippen LogP contribution in [-0.4, -0.2) is 21.6 Å². The van der Waals surface area contributed by atoms with Crippen molar-refractivity contribution in [3.63, 3.8) is 0 Å². The van der Waals surface area contributed by atoms with Gasteiger partial charge in [0.25, 0.3) is 0 Å². The summed E-state index contributed by atoms with van der Waals surface area (Å²) in [4.78, 5) is 22.0. The van der Waals surface area contributed by atoms with Gasteiger partial charge >= 0.3 is 0 Å². The van der Waals surface area contributed by atoms with Gasteiger partial charge in [0, 0.05) is 17.1 Å². The van der Waals surface area contributed by atoms with Crippen LogP contribution in [0.5, 0.6) is 0 Å². The number of thioether (sulfide) groups is 1. The largest absolute Gasteiger partial charge is 0.325 e. The van der Waals surface area contributed by atoms with E-state index in [4.69, 9.17) is 21.6 Å². The van der Waals surface area contributed by atoms with Crippen molar-refractivity contribution >= 4 is 46.0 Å². The molecule has 0 bridgehead atoms. The fourth-order valence-corrected chi connectivity index (χ4v) is 4.06. The first-order valence-electron chi connectivity index (χ1n) is 9.67. The van der Waals surface area contributed by atoms with Gasteiger partial charge in [0.05, 0.1) is 22.5 Å². The smallest absolute Gasteiger partial charge is 0.234 e. The highest BCUT2D eigenvalue weighted by Crippen LogP contribution is 2.26. The first-order valence-corrected chi connectivity index (χ1v) is 11.0. The molecule has 7 heteroatoms. The van der Waals surface area contributed by atoms with Crippen LogP contribution in [-0.2, 0) is 11.2 Å². The second kappa shape index (κ2) is 9.45. The van der Waals surface area contributed by atoms with Gasteiger partial charge in [0.15, 0.2) is 0 Å². The monoisotopic (exact) mass is 451 g/mol. The normalized spacial score (nSPS) is 10.9. The molecule has 3 aromatic carbocycles. The van der Waals surface area contributed by atoms with E-state index in [9.17, 15) is 9.18 Å². The molecule has 0 atom stereocenters. The van der Waals surface area contributed by atoms with Crippen molar-refractivity contribution in [3.05, 3.63) is 94.4 Å². The minimum absolute atomic E-state index is 0.155. The number of nitrogens with one attached hydrogen (secondary N) is 1. The predicted octanol–water partition coefficient (Wildman–Crippen LogP) is 6.05. The average Bonchev–Trinajstić information content (AvgIpc) is 2.76. The lowest BCUT2D eigenvalue weighted by Crippen LogP contribution is -2.15. The minimum Gasteiger partial charge on any atom is -0.325 e. The van der Waals surface area contributed by atoms with Gasteiger partial charge in [-0.25, -0.2) is 14.4 Å². The van der Waals surface area contributed by atoms with Crippen LogP contribution in [0, 0.1) is 12.7 Å². The van der Waals surface area contributed by atoms with Gasteiger partial charge in [-0.15, -0.1) is 0 Å². The highest BCUT2D eigenvalue weighted by Gasteiger charge is 2.13. The summed E-state index contributed by atoms with van der Waals surface area (Å²) in [5, 5.41) is 4.15. The van der Waals surface area contributed by atoms with Crippen molar-refractivity contribution in [1.82, 2.24) is 9.97 Å². The second-order valence-corrected chi connectivity index (χ2v) is 8.46. The number of fused-ring (bicyclic) bond motifs is 1. The van der Waals surface area contributed by atoms with Gasteiger partial charge in [0.2, 0.25) is 5.91 Å². The summed E-state index contributed by atoms with van der Waals surface area (Å²) in [6.45, 7) is 1.91. The van der Waals surface area contributed by atoms with Crippen molar-refractivity contribution in [2.45, 2.75) is 18.4 Å². The summed E-state index contributed by atoms with van der Waals surface area (Å²) in [6, 6.07) is 19.3. The minimum atomic E-state index is -0.282. The van der Waals surface area contributed by atoms with E-state index in [2.05, 4.69) is 5.32 Å². The molecule has 1 heterocycles. The topological polar surface area (TPSA) is 54.9 Å². The molecule has 0 unspecified atom stereocenters. The maximum absolute atomic E-state index is 13.3. The number of carbonyl (C=O) groups is 1. The van der Waals surface area contributed by atoms with Crippen molar-refractivity contribution in [3.8, 4) is 0 Å². The number of aromatic nitrogens is 2. The van der Waals surface area contributed by atoms with Gasteiger partial charge in [0.1, 0.15) is 10.8 Å². The van der Waals surface area contributed by atoms with E-state index < -0.39 is 0 Å². The number of amides is 1. The lowest BCUT2D eigenvalue weighted by atomic mass is 10.1. The van der Waals surface area contributed by atoms with Crippen LogP contribution in [0.2, 0.25) is 5.02 Å². The third-order valence-electron chi connectivity index (χ3n) is 4.70. The molecule has 0 aliphatic carbocycles. The second-order valence-electron chi connectivity index (χ2n) is 7.06. The molecule has 0 saturated heterocycles. The Morgan fingerprint density at radius 3 is 2.48 bits per heavy atom. The molecule has 0 aliphatic rings. The lowest BCUT2D eigenvalue weighted by Gasteiger charge is -2.11. The lowest BCUT2D eigenvalue weighted by molar-refractivity contribution is -0.113. The van der Waals surface area contributed by atoms with E-state index in [0.717, 1.165) is 27.9 Å². The number of hydrogen-bond acceptors (Lipinski definition) is 4. The van der Waals surface area contributed by atoms with E-state index in [1.54, 1.807) is 24.3 Å². The molecule has 1 aromatic heterocycles. The molecule has 156 valence electrons. The van der Waals surface area contributed by atoms with E-state index in [-0.39, 0.29) is 17.5 Å². The molecule has 0 saturated carbocycles. The Morgan fingerprint density at radius 2 is 1.74 bits per heavy atom.